The number of aliphatic hydroxyl groups is 2. The Morgan fingerprint density at radius 2 is 1.00 bits per heavy atom. The Hall–Kier alpha value is -8.59. The number of nitrogens with two attached hydrogens (primary N) is 2. The summed E-state index contributed by atoms with van der Waals surface area (Å²) in [5, 5.41) is 63.0. The molecule has 5 aliphatic heterocycles. The van der Waals surface area contributed by atoms with Gasteiger partial charge in [-0.25, -0.2) is 0 Å². The van der Waals surface area contributed by atoms with Crippen LogP contribution in [0.1, 0.15) is 179 Å². The molecule has 0 aromatic rings. The third-order valence-corrected chi connectivity index (χ3v) is 23.9. The molecule has 37 nitrogen and oxygen atoms in total. The van der Waals surface area contributed by atoms with Gasteiger partial charge in [-0.3, -0.25) is 81.7 Å². The predicted octanol–water partition coefficient (Wildman–Crippen LogP) is -3.52. The van der Waals surface area contributed by atoms with Crippen molar-refractivity contribution < 1.29 is 92.0 Å². The zero-order valence-electron chi connectivity index (χ0n) is 65.2. The number of nitrogens with zero attached hydrogens (tertiary/aromatic N) is 4. The van der Waals surface area contributed by atoms with Crippen molar-refractivity contribution in [3.63, 3.8) is 0 Å². The topological polar surface area (TPSA) is 552 Å². The fraction of sp³-hybridized carbons (Fsp3) is 0.761. The Morgan fingerprint density at radius 3 is 1.54 bits per heavy atom. The van der Waals surface area contributed by atoms with Crippen LogP contribution in [0.25, 0.3) is 0 Å². The molecule has 5 saturated heterocycles. The van der Waals surface area contributed by atoms with Crippen LogP contribution >= 0.6 is 21.6 Å². The zero-order chi connectivity index (χ0) is 82.2. The van der Waals surface area contributed by atoms with Crippen LogP contribution in [-0.4, -0.2) is 272 Å². The number of aliphatic hydroxyl groups excluding tert-OH is 2. The van der Waals surface area contributed by atoms with Crippen molar-refractivity contribution in [2.75, 3.05) is 51.7 Å². The van der Waals surface area contributed by atoms with Crippen molar-refractivity contribution in [3.8, 4) is 0 Å². The Bertz CT molecular complexity index is 3360. The third kappa shape index (κ3) is 26.3. The van der Waals surface area contributed by atoms with Gasteiger partial charge in [0.1, 0.15) is 84.6 Å². The van der Waals surface area contributed by atoms with E-state index < -0.39 is 232 Å². The highest BCUT2D eigenvalue weighted by Crippen LogP contribution is 2.39. The standard InChI is InChI=1S/C71H118N18O19S2/c1-13-36(4)51-63(103)82-45-35-109-110-71(11,12)54(65(105)85-53(38(6)15-3)68(108)88-29-19-22-46(88)61(101)78-41(31-50(93)94)56(96)74-26-17-25-49(92)76-39(7)55(95)83-51)86-64(104)52(37(5)14-2)84-62(102)47-23-18-28-87(47)67(107)48-24-20-30-89(48)66(106)42(32-70(8,9)10)79-59(99)44(34-91)80-57(97)40(21-16-27-75-69(72)73)77-58(98)43(33-90)81-60(45)100/h36-48,51-54,90-91H,13-35H2,1-12H3,(H,74,96)(H,76,92)(H,77,98)(H,78,101)(H,79,99)(H,80,97)(H,81,100)(H,82,103)(H,83,95)(H,84,102)(H,85,105)(H,86,104)(H,93,94)(H4,72,73,75)/t36-,37-,38-,39-,40-,41-,42-,43-,44-,45-,46-,47-,48-,51-,52-,53-,54+/m0/s1. The lowest BCUT2D eigenvalue weighted by atomic mass is 9.87. The van der Waals surface area contributed by atoms with Crippen LogP contribution in [0, 0.1) is 23.2 Å². The number of carboxylic acids is 1. The molecule has 618 valence electrons. The summed E-state index contributed by atoms with van der Waals surface area (Å²) in [7, 11) is 1.74. The van der Waals surface area contributed by atoms with Crippen molar-refractivity contribution in [3.05, 3.63) is 0 Å². The molecule has 0 spiro atoms. The average molecular weight is 1590 g/mol. The molecule has 0 radical (unpaired) electrons. The Balaban J connectivity index is 1.73. The Kier molecular flexibility index (Phi) is 35.7. The first-order valence-electron chi connectivity index (χ1n) is 38.0. The van der Waals surface area contributed by atoms with Gasteiger partial charge in [-0.05, 0) is 108 Å². The molecule has 39 heteroatoms. The van der Waals surface area contributed by atoms with Gasteiger partial charge in [0.25, 0.3) is 0 Å². The maximum absolute atomic E-state index is 15.7. The van der Waals surface area contributed by atoms with Gasteiger partial charge in [-0.2, -0.15) is 0 Å². The minimum absolute atomic E-state index is 0.0121. The maximum atomic E-state index is 15.7. The Morgan fingerprint density at radius 1 is 0.536 bits per heavy atom. The SMILES string of the molecule is CC[C@H](C)[C@@H]1NC(=O)[C@H](C)NC(=O)CCCNC(=O)[C@H](CC(=O)O)NC(=O)[C@@H]2CCCN2C(=O)[C@H]([C@@H](C)CC)NC(=O)[C@H]2NC(=O)[C@H]([C@@H](C)CC)NC(=O)[C@@H]3CCCN3C(=O)[C@@H]3CCCN3C(=O)[C@H](CC(C)(C)C)NC(=O)[C@H](CO)NC(=O)[C@H](CCCN=C(N)N)NC(=O)[C@H](CO)NC(=O)[C@H](CSSC2(C)C)NC1=O. The highest BCUT2D eigenvalue weighted by atomic mass is 33.1. The lowest BCUT2D eigenvalue weighted by Crippen LogP contribution is -2.64. The Labute approximate surface area is 649 Å². The summed E-state index contributed by atoms with van der Waals surface area (Å²) < 4.78 is -1.60. The van der Waals surface area contributed by atoms with Crippen LogP contribution in [0.2, 0.25) is 0 Å². The van der Waals surface area contributed by atoms with Crippen LogP contribution < -0.4 is 75.3 Å². The van der Waals surface area contributed by atoms with E-state index in [1.807, 2.05) is 0 Å². The van der Waals surface area contributed by atoms with Gasteiger partial charge in [0.05, 0.1) is 19.6 Å². The monoisotopic (exact) mass is 1590 g/mol. The normalized spacial score (nSPS) is 29.7. The molecule has 0 aliphatic carbocycles. The van der Waals surface area contributed by atoms with Gasteiger partial charge in [-0.1, -0.05) is 103 Å². The molecule has 17 atom stereocenters. The second kappa shape index (κ2) is 42.7. The van der Waals surface area contributed by atoms with E-state index in [-0.39, 0.29) is 116 Å². The number of hydrogen-bond donors (Lipinski definition) is 17. The number of aliphatic carboxylic acids is 1. The van der Waals surface area contributed by atoms with Crippen LogP contribution in [0.5, 0.6) is 0 Å². The summed E-state index contributed by atoms with van der Waals surface area (Å²) in [6, 6.07) is -21.1. The number of nitrogens with one attached hydrogen (secondary N) is 12. The van der Waals surface area contributed by atoms with Crippen molar-refractivity contribution in [2.45, 2.75) is 269 Å². The molecule has 5 heterocycles. The van der Waals surface area contributed by atoms with Gasteiger partial charge >= 0.3 is 5.97 Å². The number of carbonyl (C=O) groups excluding carboxylic acids is 15. The predicted molar refractivity (Wildman–Crippen MR) is 406 cm³/mol. The molecule has 110 heavy (non-hydrogen) atoms. The summed E-state index contributed by atoms with van der Waals surface area (Å²) in [5.74, 6) is -17.7. The average Bonchev–Trinajstić information content (AvgIpc) is 1.75. The summed E-state index contributed by atoms with van der Waals surface area (Å²) >= 11 is 0. The first kappa shape index (κ1) is 92.0. The molecular formula is C71H118N18O19S2. The van der Waals surface area contributed by atoms with Gasteiger partial charge in [0.2, 0.25) is 88.6 Å². The summed E-state index contributed by atoms with van der Waals surface area (Å²) in [5.41, 5.74) is 10.5. The summed E-state index contributed by atoms with van der Waals surface area (Å²) in [6.45, 7) is 17.5. The highest BCUT2D eigenvalue weighted by Gasteiger charge is 2.49. The largest absolute Gasteiger partial charge is 0.481 e. The quantitative estimate of drug-likeness (QED) is 0.0327. The smallest absolute Gasteiger partial charge is 0.305 e. The zero-order valence-corrected chi connectivity index (χ0v) is 66.8. The fourth-order valence-electron chi connectivity index (χ4n) is 13.5. The number of carbonyl (C=O) groups is 16. The van der Waals surface area contributed by atoms with E-state index in [0.717, 1.165) is 21.6 Å². The number of guanidine groups is 1. The second-order valence-electron chi connectivity index (χ2n) is 30.8. The second-order valence-corrected chi connectivity index (χ2v) is 33.8. The van der Waals surface area contributed by atoms with Gasteiger partial charge < -0.3 is 105 Å². The molecule has 0 unspecified atom stereocenters. The molecule has 5 fully saturated rings. The van der Waals surface area contributed by atoms with E-state index in [1.54, 1.807) is 62.3 Å². The van der Waals surface area contributed by atoms with Crippen molar-refractivity contribution in [1.29, 1.82) is 0 Å². The van der Waals surface area contributed by atoms with Crippen LogP contribution in [0.15, 0.2) is 4.99 Å². The molecule has 0 saturated carbocycles. The number of fused-ring (bicyclic) bond motifs is 8. The molecule has 15 amide bonds. The minimum Gasteiger partial charge on any atom is -0.481 e. The van der Waals surface area contributed by atoms with Gasteiger partial charge in [0.15, 0.2) is 5.96 Å². The van der Waals surface area contributed by atoms with Crippen LogP contribution in [0.3, 0.4) is 0 Å². The molecule has 19 N–H and O–H groups in total. The molecule has 5 rings (SSSR count). The van der Waals surface area contributed by atoms with Crippen molar-refractivity contribution in [1.82, 2.24) is 78.5 Å². The number of carboxylic acid groups (broad SMARTS) is 1. The summed E-state index contributed by atoms with van der Waals surface area (Å²) in [4.78, 5) is 240. The first-order chi connectivity index (χ1) is 51.7. The third-order valence-electron chi connectivity index (χ3n) is 20.5. The van der Waals surface area contributed by atoms with Crippen LogP contribution in [-0.2, 0) is 76.7 Å². The fourth-order valence-corrected chi connectivity index (χ4v) is 16.3. The number of aliphatic imine (C=N–C) groups is 1. The summed E-state index contributed by atoms with van der Waals surface area (Å²) in [6.07, 6.45) is 0.506. The number of hydrogen-bond acceptors (Lipinski definition) is 21. The lowest BCUT2D eigenvalue weighted by molar-refractivity contribution is -0.148. The highest BCUT2D eigenvalue weighted by molar-refractivity contribution is 8.77. The lowest BCUT2D eigenvalue weighted by Gasteiger charge is -2.37. The van der Waals surface area contributed by atoms with Crippen LogP contribution in [0.4, 0.5) is 0 Å². The van der Waals surface area contributed by atoms with E-state index in [0.29, 0.717) is 12.8 Å². The molecule has 0 aromatic carbocycles. The van der Waals surface area contributed by atoms with Gasteiger partial charge in [-0.15, -0.1) is 0 Å². The number of amides is 15. The minimum atomic E-state index is -1.94. The first-order valence-corrected chi connectivity index (χ1v) is 40.4. The number of rotatable bonds is 15. The molecule has 5 aliphatic rings. The molecular weight excluding hydrogens is 1470 g/mol. The maximum Gasteiger partial charge on any atom is 0.305 e. The van der Waals surface area contributed by atoms with Crippen molar-refractivity contribution >= 4 is 122 Å². The van der Waals surface area contributed by atoms with Crippen molar-refractivity contribution in [2.24, 2.45) is 39.6 Å². The van der Waals surface area contributed by atoms with Gasteiger partial charge in [0, 0.05) is 49.6 Å². The molecule has 0 aromatic heterocycles. The molecule has 2 bridgehead atoms. The van der Waals surface area contributed by atoms with E-state index in [9.17, 15) is 68.1 Å². The van der Waals surface area contributed by atoms with E-state index in [1.165, 1.54) is 35.5 Å². The van der Waals surface area contributed by atoms with E-state index in [2.05, 4.69) is 68.8 Å². The van der Waals surface area contributed by atoms with E-state index >= 15 is 24.0 Å². The van der Waals surface area contributed by atoms with E-state index in [4.69, 9.17) is 11.5 Å².